The largest absolute Gasteiger partial charge is 0.450 e. The Labute approximate surface area is 74.2 Å². The number of carbonyl (C=O) groups is 3. The molecule has 1 aliphatic heterocycles. The standard InChI is InChI=1S/C7H9NO5/c1-2-12-7(11)8-4-3-5(9)13-6(4)10/h4H,2-3H2,1H3,(H,8,11)/t4-/m0/s1. The Morgan fingerprint density at radius 1 is 1.69 bits per heavy atom. The maximum atomic E-state index is 10.8. The predicted molar refractivity (Wildman–Crippen MR) is 39.7 cm³/mol. The lowest BCUT2D eigenvalue weighted by Crippen LogP contribution is -2.38. The lowest BCUT2D eigenvalue weighted by atomic mass is 10.2. The molecule has 1 amide bonds. The third-order valence-electron chi connectivity index (χ3n) is 1.44. The van der Waals surface area contributed by atoms with E-state index >= 15 is 0 Å². The Bertz CT molecular complexity index is 249. The van der Waals surface area contributed by atoms with Crippen molar-refractivity contribution in [2.75, 3.05) is 6.61 Å². The molecule has 0 saturated carbocycles. The first-order valence-electron chi connectivity index (χ1n) is 3.81. The number of ether oxygens (including phenoxy) is 2. The minimum Gasteiger partial charge on any atom is -0.450 e. The molecule has 1 fully saturated rings. The maximum Gasteiger partial charge on any atom is 0.407 e. The molecule has 0 aliphatic carbocycles. The first-order chi connectivity index (χ1) is 6.13. The van der Waals surface area contributed by atoms with Gasteiger partial charge in [-0.15, -0.1) is 0 Å². The van der Waals surface area contributed by atoms with Crippen LogP contribution >= 0.6 is 0 Å². The molecule has 1 rings (SSSR count). The normalized spacial score (nSPS) is 21.2. The van der Waals surface area contributed by atoms with Crippen molar-refractivity contribution < 1.29 is 23.9 Å². The Morgan fingerprint density at radius 2 is 2.38 bits per heavy atom. The Morgan fingerprint density at radius 3 is 2.85 bits per heavy atom. The van der Waals surface area contributed by atoms with Crippen LogP contribution in [0.5, 0.6) is 0 Å². The van der Waals surface area contributed by atoms with Crippen LogP contribution in [0.15, 0.2) is 0 Å². The molecule has 1 N–H and O–H groups in total. The average molecular weight is 187 g/mol. The molecule has 6 heteroatoms. The van der Waals surface area contributed by atoms with Crippen molar-refractivity contribution in [3.8, 4) is 0 Å². The highest BCUT2D eigenvalue weighted by Gasteiger charge is 2.34. The van der Waals surface area contributed by atoms with Gasteiger partial charge in [-0.25, -0.2) is 9.59 Å². The number of rotatable bonds is 2. The number of amides is 1. The second-order valence-corrected chi connectivity index (χ2v) is 2.41. The monoisotopic (exact) mass is 187 g/mol. The molecule has 0 unspecified atom stereocenters. The number of cyclic esters (lactones) is 2. The summed E-state index contributed by atoms with van der Waals surface area (Å²) >= 11 is 0. The fourth-order valence-corrected chi connectivity index (χ4v) is 0.900. The van der Waals surface area contributed by atoms with E-state index in [1.165, 1.54) is 0 Å². The van der Waals surface area contributed by atoms with Crippen LogP contribution in [-0.2, 0) is 19.1 Å². The molecule has 6 nitrogen and oxygen atoms in total. The molecule has 0 spiro atoms. The van der Waals surface area contributed by atoms with E-state index in [0.29, 0.717) is 0 Å². The molecule has 1 heterocycles. The predicted octanol–water partition coefficient (Wildman–Crippen LogP) is -0.425. The van der Waals surface area contributed by atoms with Gasteiger partial charge in [-0.05, 0) is 6.92 Å². The van der Waals surface area contributed by atoms with Gasteiger partial charge in [0.1, 0.15) is 6.04 Å². The minimum atomic E-state index is -0.897. The van der Waals surface area contributed by atoms with Crippen LogP contribution < -0.4 is 5.32 Å². The summed E-state index contributed by atoms with van der Waals surface area (Å²) in [5, 5.41) is 2.20. The van der Waals surface area contributed by atoms with Crippen LogP contribution in [-0.4, -0.2) is 30.7 Å². The zero-order valence-corrected chi connectivity index (χ0v) is 7.03. The third-order valence-corrected chi connectivity index (χ3v) is 1.44. The summed E-state index contributed by atoms with van der Waals surface area (Å²) in [6.45, 7) is 1.85. The summed E-state index contributed by atoms with van der Waals surface area (Å²) in [6.07, 6.45) is -0.850. The van der Waals surface area contributed by atoms with Gasteiger partial charge in [-0.2, -0.15) is 0 Å². The Hall–Kier alpha value is -1.59. The Balaban J connectivity index is 2.41. The van der Waals surface area contributed by atoms with Gasteiger partial charge < -0.3 is 14.8 Å². The van der Waals surface area contributed by atoms with E-state index in [2.05, 4.69) is 14.8 Å². The topological polar surface area (TPSA) is 81.7 Å². The fraction of sp³-hybridized carbons (Fsp3) is 0.571. The van der Waals surface area contributed by atoms with Gasteiger partial charge in [0.25, 0.3) is 0 Å². The molecule has 0 bridgehead atoms. The van der Waals surface area contributed by atoms with E-state index in [0.717, 1.165) is 0 Å². The molecule has 0 radical (unpaired) electrons. The van der Waals surface area contributed by atoms with Gasteiger partial charge in [0, 0.05) is 0 Å². The zero-order valence-electron chi connectivity index (χ0n) is 7.03. The fourth-order valence-electron chi connectivity index (χ4n) is 0.900. The van der Waals surface area contributed by atoms with Gasteiger partial charge in [0.15, 0.2) is 0 Å². The molecule has 1 atom stereocenters. The highest BCUT2D eigenvalue weighted by atomic mass is 16.6. The summed E-state index contributed by atoms with van der Waals surface area (Å²) in [5.41, 5.74) is 0. The van der Waals surface area contributed by atoms with Crippen molar-refractivity contribution in [3.63, 3.8) is 0 Å². The first kappa shape index (κ1) is 9.50. The number of nitrogens with one attached hydrogen (secondary N) is 1. The minimum absolute atomic E-state index is 0.127. The van der Waals surface area contributed by atoms with Crippen LogP contribution in [0, 0.1) is 0 Å². The summed E-state index contributed by atoms with van der Waals surface area (Å²) in [5.74, 6) is -1.37. The SMILES string of the molecule is CCOC(=O)N[C@H]1CC(=O)OC1=O. The Kier molecular flexibility index (Phi) is 2.84. The molecule has 1 aliphatic rings. The molecule has 0 aromatic heterocycles. The van der Waals surface area contributed by atoms with Crippen LogP contribution in [0.25, 0.3) is 0 Å². The van der Waals surface area contributed by atoms with Gasteiger partial charge >= 0.3 is 18.0 Å². The van der Waals surface area contributed by atoms with E-state index in [1.54, 1.807) is 6.92 Å². The van der Waals surface area contributed by atoms with Crippen LogP contribution in [0.3, 0.4) is 0 Å². The number of hydrogen-bond donors (Lipinski definition) is 1. The summed E-state index contributed by atoms with van der Waals surface area (Å²) in [4.78, 5) is 32.2. The quantitative estimate of drug-likeness (QED) is 0.468. The lowest BCUT2D eigenvalue weighted by molar-refractivity contribution is -0.152. The molecule has 0 aromatic rings. The van der Waals surface area contributed by atoms with Crippen molar-refractivity contribution >= 4 is 18.0 Å². The van der Waals surface area contributed by atoms with E-state index in [9.17, 15) is 14.4 Å². The summed E-state index contributed by atoms with van der Waals surface area (Å²) < 4.78 is 8.72. The van der Waals surface area contributed by atoms with Gasteiger partial charge in [-0.3, -0.25) is 4.79 Å². The number of carbonyl (C=O) groups excluding carboxylic acids is 3. The molecule has 72 valence electrons. The first-order valence-corrected chi connectivity index (χ1v) is 3.81. The van der Waals surface area contributed by atoms with Gasteiger partial charge in [0.2, 0.25) is 0 Å². The molecule has 0 aromatic carbocycles. The molecule has 13 heavy (non-hydrogen) atoms. The second kappa shape index (κ2) is 3.88. The number of esters is 2. The van der Waals surface area contributed by atoms with Gasteiger partial charge in [0.05, 0.1) is 13.0 Å². The van der Waals surface area contributed by atoms with E-state index < -0.39 is 24.1 Å². The van der Waals surface area contributed by atoms with Crippen molar-refractivity contribution in [1.82, 2.24) is 5.32 Å². The number of hydrogen-bond acceptors (Lipinski definition) is 5. The smallest absolute Gasteiger partial charge is 0.407 e. The third kappa shape index (κ3) is 2.43. The van der Waals surface area contributed by atoms with Crippen molar-refractivity contribution in [1.29, 1.82) is 0 Å². The van der Waals surface area contributed by atoms with Crippen LogP contribution in [0.4, 0.5) is 4.79 Å². The van der Waals surface area contributed by atoms with E-state index in [4.69, 9.17) is 0 Å². The van der Waals surface area contributed by atoms with E-state index in [1.807, 2.05) is 0 Å². The maximum absolute atomic E-state index is 10.8. The van der Waals surface area contributed by atoms with Crippen molar-refractivity contribution in [2.45, 2.75) is 19.4 Å². The van der Waals surface area contributed by atoms with Crippen LogP contribution in [0.2, 0.25) is 0 Å². The summed E-state index contributed by atoms with van der Waals surface area (Å²) in [7, 11) is 0. The van der Waals surface area contributed by atoms with Crippen molar-refractivity contribution in [3.05, 3.63) is 0 Å². The van der Waals surface area contributed by atoms with Crippen molar-refractivity contribution in [2.24, 2.45) is 0 Å². The molecular weight excluding hydrogens is 178 g/mol. The van der Waals surface area contributed by atoms with Crippen LogP contribution in [0.1, 0.15) is 13.3 Å². The second-order valence-electron chi connectivity index (χ2n) is 2.41. The highest BCUT2D eigenvalue weighted by Crippen LogP contribution is 2.07. The lowest BCUT2D eigenvalue weighted by Gasteiger charge is -2.06. The highest BCUT2D eigenvalue weighted by molar-refractivity contribution is 5.98. The molecule has 1 saturated heterocycles. The number of alkyl carbamates (subject to hydrolysis) is 1. The van der Waals surface area contributed by atoms with Gasteiger partial charge in [-0.1, -0.05) is 0 Å². The average Bonchev–Trinajstić information content (AvgIpc) is 2.30. The van der Waals surface area contributed by atoms with E-state index in [-0.39, 0.29) is 13.0 Å². The zero-order chi connectivity index (χ0) is 9.84. The summed E-state index contributed by atoms with van der Waals surface area (Å²) in [6, 6.07) is -0.897. The molecular formula is C7H9NO5.